The summed E-state index contributed by atoms with van der Waals surface area (Å²) in [6.07, 6.45) is -5.52. The Labute approximate surface area is 159 Å². The fourth-order valence-electron chi connectivity index (χ4n) is 2.76. The number of alkyl halides is 3. The van der Waals surface area contributed by atoms with E-state index in [1.807, 2.05) is 0 Å². The van der Waals surface area contributed by atoms with Crippen LogP contribution in [0.1, 0.15) is 11.1 Å². The van der Waals surface area contributed by atoms with Crippen LogP contribution in [0.2, 0.25) is 5.02 Å². The minimum atomic E-state index is -4.69. The zero-order valence-corrected chi connectivity index (χ0v) is 14.5. The smallest absolute Gasteiger partial charge is 0.449 e. The molecule has 0 saturated heterocycles. The largest absolute Gasteiger partial charge is 0.511 e. The van der Waals surface area contributed by atoms with Crippen molar-refractivity contribution in [2.75, 3.05) is 0 Å². The number of hydrogen-bond acceptors (Lipinski definition) is 3. The van der Waals surface area contributed by atoms with Gasteiger partial charge in [0.05, 0.1) is 27.7 Å². The molecule has 0 atom stereocenters. The van der Waals surface area contributed by atoms with Gasteiger partial charge in [0.2, 0.25) is 5.43 Å². The molecule has 3 rings (SSSR count). The zero-order valence-electron chi connectivity index (χ0n) is 13.8. The molecule has 2 aromatic carbocycles. The van der Waals surface area contributed by atoms with Crippen LogP contribution >= 0.6 is 11.6 Å². The van der Waals surface area contributed by atoms with E-state index in [0.717, 1.165) is 29.0 Å². The molecule has 10 heteroatoms. The molecule has 0 amide bonds. The van der Waals surface area contributed by atoms with Crippen molar-refractivity contribution in [3.05, 3.63) is 74.8 Å². The van der Waals surface area contributed by atoms with E-state index >= 15 is 0 Å². The van der Waals surface area contributed by atoms with E-state index in [0.29, 0.717) is 0 Å². The number of hydrogen-bond donors (Lipinski definition) is 1. The van der Waals surface area contributed by atoms with Crippen LogP contribution in [0.25, 0.3) is 10.9 Å². The summed E-state index contributed by atoms with van der Waals surface area (Å²) in [6.45, 7) is -0.298. The van der Waals surface area contributed by atoms with E-state index in [1.54, 1.807) is 0 Å². The van der Waals surface area contributed by atoms with E-state index in [2.05, 4.69) is 4.74 Å². The maximum atomic E-state index is 14.3. The standard InChI is InChI=1S/C18H10ClF4NO4/c19-12-5-4-9(6-11(12)18(21,22)23)7-24-8-14(28-17(26)27)16(25)10-2-1-3-13(20)15(10)24/h1-6,8H,7H2,(H,26,27). The molecule has 1 heterocycles. The number of carbonyl (C=O) groups is 1. The molecule has 0 unspecified atom stereocenters. The van der Waals surface area contributed by atoms with E-state index < -0.39 is 39.9 Å². The van der Waals surface area contributed by atoms with Crippen LogP contribution in [-0.2, 0) is 12.7 Å². The Morgan fingerprint density at radius 2 is 1.93 bits per heavy atom. The van der Waals surface area contributed by atoms with Gasteiger partial charge in [-0.3, -0.25) is 4.79 Å². The molecule has 146 valence electrons. The molecule has 0 spiro atoms. The summed E-state index contributed by atoms with van der Waals surface area (Å²) < 4.78 is 59.1. The molecule has 3 aromatic rings. The summed E-state index contributed by atoms with van der Waals surface area (Å²) in [5, 5.41) is 8.10. The quantitative estimate of drug-likeness (QED) is 0.487. The van der Waals surface area contributed by atoms with Crippen LogP contribution in [0, 0.1) is 5.82 Å². The maximum Gasteiger partial charge on any atom is 0.511 e. The molecular formula is C18H10ClF4NO4. The van der Waals surface area contributed by atoms with E-state index in [1.165, 1.54) is 18.2 Å². The van der Waals surface area contributed by atoms with Gasteiger partial charge in [0.1, 0.15) is 5.82 Å². The van der Waals surface area contributed by atoms with Crippen molar-refractivity contribution in [2.45, 2.75) is 12.7 Å². The average Bonchev–Trinajstić information content (AvgIpc) is 2.59. The van der Waals surface area contributed by atoms with Gasteiger partial charge in [0.25, 0.3) is 0 Å². The molecule has 5 nitrogen and oxygen atoms in total. The summed E-state index contributed by atoms with van der Waals surface area (Å²) in [5.41, 5.74) is -2.03. The number of carboxylic acid groups (broad SMARTS) is 1. The summed E-state index contributed by atoms with van der Waals surface area (Å²) >= 11 is 5.59. The normalized spacial score (nSPS) is 11.6. The molecule has 0 radical (unpaired) electrons. The topological polar surface area (TPSA) is 68.5 Å². The fourth-order valence-corrected chi connectivity index (χ4v) is 2.99. The molecule has 0 saturated carbocycles. The summed E-state index contributed by atoms with van der Waals surface area (Å²) in [5.74, 6) is -1.41. The lowest BCUT2D eigenvalue weighted by Gasteiger charge is -2.15. The third-order valence-corrected chi connectivity index (χ3v) is 4.23. The highest BCUT2D eigenvalue weighted by atomic mass is 35.5. The number of para-hydroxylation sites is 1. The molecule has 1 aromatic heterocycles. The second-order valence-corrected chi connectivity index (χ2v) is 6.17. The van der Waals surface area contributed by atoms with Crippen molar-refractivity contribution in [3.63, 3.8) is 0 Å². The van der Waals surface area contributed by atoms with Gasteiger partial charge < -0.3 is 14.4 Å². The number of pyridine rings is 1. The van der Waals surface area contributed by atoms with Crippen LogP contribution in [0.5, 0.6) is 5.75 Å². The van der Waals surface area contributed by atoms with Crippen LogP contribution in [0.3, 0.4) is 0 Å². The minimum absolute atomic E-state index is 0.103. The Kier molecular flexibility index (Phi) is 5.03. The minimum Gasteiger partial charge on any atom is -0.449 e. The molecule has 28 heavy (non-hydrogen) atoms. The fraction of sp³-hybridized carbons (Fsp3) is 0.111. The summed E-state index contributed by atoms with van der Waals surface area (Å²) in [4.78, 5) is 23.1. The Bertz CT molecular complexity index is 1140. The Hall–Kier alpha value is -3.07. The molecule has 0 fully saturated rings. The van der Waals surface area contributed by atoms with Crippen LogP contribution in [0.4, 0.5) is 22.4 Å². The van der Waals surface area contributed by atoms with Gasteiger partial charge in [0.15, 0.2) is 5.75 Å². The Balaban J connectivity index is 2.19. The first-order chi connectivity index (χ1) is 13.1. The second-order valence-electron chi connectivity index (χ2n) is 5.77. The van der Waals surface area contributed by atoms with Crippen LogP contribution in [-0.4, -0.2) is 15.8 Å². The SMILES string of the molecule is O=C(O)Oc1cn(Cc2ccc(Cl)c(C(F)(F)F)c2)c2c(F)cccc2c1=O. The van der Waals surface area contributed by atoms with Crippen molar-refractivity contribution in [1.29, 1.82) is 0 Å². The predicted octanol–water partition coefficient (Wildman–Crippen LogP) is 4.92. The van der Waals surface area contributed by atoms with Gasteiger partial charge in [-0.1, -0.05) is 23.7 Å². The number of aromatic nitrogens is 1. The molecule has 0 aliphatic rings. The summed E-state index contributed by atoms with van der Waals surface area (Å²) in [7, 11) is 0. The number of rotatable bonds is 3. The Morgan fingerprint density at radius 3 is 2.57 bits per heavy atom. The van der Waals surface area contributed by atoms with Crippen LogP contribution < -0.4 is 10.2 Å². The van der Waals surface area contributed by atoms with Gasteiger partial charge in [-0.25, -0.2) is 9.18 Å². The van der Waals surface area contributed by atoms with Gasteiger partial charge in [-0.2, -0.15) is 13.2 Å². The van der Waals surface area contributed by atoms with Crippen LogP contribution in [0.15, 0.2) is 47.4 Å². The number of benzene rings is 2. The third-order valence-electron chi connectivity index (χ3n) is 3.90. The van der Waals surface area contributed by atoms with Gasteiger partial charge >= 0.3 is 12.3 Å². The van der Waals surface area contributed by atoms with Crippen molar-refractivity contribution in [1.82, 2.24) is 4.57 Å². The monoisotopic (exact) mass is 415 g/mol. The van der Waals surface area contributed by atoms with Crippen molar-refractivity contribution < 1.29 is 32.2 Å². The van der Waals surface area contributed by atoms with Crippen molar-refractivity contribution in [3.8, 4) is 5.75 Å². The van der Waals surface area contributed by atoms with E-state index in [-0.39, 0.29) is 23.0 Å². The first-order valence-corrected chi connectivity index (χ1v) is 8.04. The highest BCUT2D eigenvalue weighted by molar-refractivity contribution is 6.31. The highest BCUT2D eigenvalue weighted by Gasteiger charge is 2.33. The number of fused-ring (bicyclic) bond motifs is 1. The number of ether oxygens (including phenoxy) is 1. The van der Waals surface area contributed by atoms with Crippen molar-refractivity contribution >= 4 is 28.7 Å². The van der Waals surface area contributed by atoms with E-state index in [4.69, 9.17) is 16.7 Å². The van der Waals surface area contributed by atoms with E-state index in [9.17, 15) is 27.2 Å². The molecule has 0 aliphatic carbocycles. The first kappa shape index (κ1) is 19.7. The van der Waals surface area contributed by atoms with Crippen molar-refractivity contribution in [2.24, 2.45) is 0 Å². The zero-order chi connectivity index (χ0) is 20.6. The lowest BCUT2D eigenvalue weighted by Crippen LogP contribution is -2.17. The maximum absolute atomic E-state index is 14.3. The molecule has 1 N–H and O–H groups in total. The average molecular weight is 416 g/mol. The molecule has 0 aliphatic heterocycles. The second kappa shape index (κ2) is 7.16. The first-order valence-electron chi connectivity index (χ1n) is 7.66. The molecule has 0 bridgehead atoms. The molecular weight excluding hydrogens is 406 g/mol. The summed E-state index contributed by atoms with van der Waals surface area (Å²) in [6, 6.07) is 6.73. The lowest BCUT2D eigenvalue weighted by atomic mass is 10.1. The predicted molar refractivity (Wildman–Crippen MR) is 92.4 cm³/mol. The van der Waals surface area contributed by atoms with Gasteiger partial charge in [-0.05, 0) is 29.8 Å². The van der Waals surface area contributed by atoms with Gasteiger partial charge in [-0.15, -0.1) is 0 Å². The Morgan fingerprint density at radius 1 is 1.21 bits per heavy atom. The highest BCUT2D eigenvalue weighted by Crippen LogP contribution is 2.35. The lowest BCUT2D eigenvalue weighted by molar-refractivity contribution is -0.137. The third kappa shape index (κ3) is 3.79. The number of halogens is 5. The number of nitrogens with zero attached hydrogens (tertiary/aromatic N) is 1. The van der Waals surface area contributed by atoms with Gasteiger partial charge in [0, 0.05) is 6.54 Å².